The van der Waals surface area contributed by atoms with Crippen molar-refractivity contribution in [3.05, 3.63) is 22.7 Å². The molecule has 0 bridgehead atoms. The maximum atomic E-state index is 12.7. The number of fused-ring (bicyclic) bond motifs is 1. The van der Waals surface area contributed by atoms with E-state index in [-0.39, 0.29) is 11.8 Å². The zero-order chi connectivity index (χ0) is 17.9. The highest BCUT2D eigenvalue weighted by Crippen LogP contribution is 2.33. The highest BCUT2D eigenvalue weighted by atomic mass is 35.5. The molecule has 1 aromatic carbocycles. The lowest BCUT2D eigenvalue weighted by Gasteiger charge is -2.25. The molecule has 0 spiro atoms. The third kappa shape index (κ3) is 4.26. The quantitative estimate of drug-likeness (QED) is 0.718. The van der Waals surface area contributed by atoms with Crippen molar-refractivity contribution in [3.8, 4) is 0 Å². The Morgan fingerprint density at radius 1 is 1.25 bits per heavy atom. The van der Waals surface area contributed by atoms with Gasteiger partial charge in [0, 0.05) is 24.0 Å². The molecular formula is C18H26ClN3OS. The van der Waals surface area contributed by atoms with Gasteiger partial charge in [0.15, 0.2) is 5.13 Å². The number of hydrogen-bond acceptors (Lipinski definition) is 4. The van der Waals surface area contributed by atoms with Crippen LogP contribution in [0.3, 0.4) is 0 Å². The van der Waals surface area contributed by atoms with Gasteiger partial charge < -0.3 is 4.90 Å². The largest absolute Gasteiger partial charge is 0.302 e. The van der Waals surface area contributed by atoms with Crippen molar-refractivity contribution in [2.45, 2.75) is 34.6 Å². The molecule has 1 amide bonds. The van der Waals surface area contributed by atoms with Gasteiger partial charge in [0.1, 0.15) is 0 Å². The number of likely N-dealkylation sites (N-methyl/N-ethyl adjacent to an activating group) is 1. The van der Waals surface area contributed by atoms with Crippen molar-refractivity contribution in [1.29, 1.82) is 0 Å². The first kappa shape index (κ1) is 19.2. The molecular weight excluding hydrogens is 342 g/mol. The van der Waals surface area contributed by atoms with Crippen LogP contribution in [0.15, 0.2) is 12.1 Å². The van der Waals surface area contributed by atoms with Crippen molar-refractivity contribution in [2.24, 2.45) is 5.92 Å². The van der Waals surface area contributed by atoms with Gasteiger partial charge in [-0.2, -0.15) is 0 Å². The first-order valence-electron chi connectivity index (χ1n) is 8.47. The van der Waals surface area contributed by atoms with E-state index in [4.69, 9.17) is 16.6 Å². The standard InChI is InChI=1S/C18H26ClN3OS/c1-6-21(7-2)8-9-22(17(23)12(3)4)18-20-16-13(5)10-14(19)11-15(16)24-18/h10-12H,6-9H2,1-5H3. The van der Waals surface area contributed by atoms with E-state index in [0.717, 1.165) is 40.5 Å². The first-order valence-corrected chi connectivity index (χ1v) is 9.67. The maximum Gasteiger partial charge on any atom is 0.231 e. The van der Waals surface area contributed by atoms with Crippen LogP contribution in [0.4, 0.5) is 5.13 Å². The van der Waals surface area contributed by atoms with Crippen LogP contribution in [-0.2, 0) is 4.79 Å². The van der Waals surface area contributed by atoms with Gasteiger partial charge in [-0.3, -0.25) is 9.69 Å². The molecule has 0 atom stereocenters. The summed E-state index contributed by atoms with van der Waals surface area (Å²) in [5.74, 6) is 0.0587. The molecule has 2 rings (SSSR count). The minimum absolute atomic E-state index is 0.0570. The number of aryl methyl sites for hydroxylation is 1. The van der Waals surface area contributed by atoms with E-state index in [1.807, 2.05) is 37.8 Å². The summed E-state index contributed by atoms with van der Waals surface area (Å²) < 4.78 is 1.03. The number of hydrogen-bond donors (Lipinski definition) is 0. The van der Waals surface area contributed by atoms with Crippen molar-refractivity contribution in [2.75, 3.05) is 31.1 Å². The number of amides is 1. The zero-order valence-corrected chi connectivity index (χ0v) is 16.7. The van der Waals surface area contributed by atoms with Gasteiger partial charge in [0.2, 0.25) is 5.91 Å². The number of thiazole rings is 1. The van der Waals surface area contributed by atoms with Gasteiger partial charge in [-0.1, -0.05) is 50.6 Å². The summed E-state index contributed by atoms with van der Waals surface area (Å²) in [7, 11) is 0. The Morgan fingerprint density at radius 2 is 1.92 bits per heavy atom. The van der Waals surface area contributed by atoms with Gasteiger partial charge >= 0.3 is 0 Å². The highest BCUT2D eigenvalue weighted by molar-refractivity contribution is 7.22. The molecule has 0 fully saturated rings. The third-order valence-electron chi connectivity index (χ3n) is 4.16. The number of rotatable bonds is 7. The summed E-state index contributed by atoms with van der Waals surface area (Å²) in [6, 6.07) is 3.84. The molecule has 24 heavy (non-hydrogen) atoms. The maximum absolute atomic E-state index is 12.7. The van der Waals surface area contributed by atoms with Crippen LogP contribution in [0.25, 0.3) is 10.2 Å². The number of nitrogens with zero attached hydrogens (tertiary/aromatic N) is 3. The van der Waals surface area contributed by atoms with Gasteiger partial charge in [0.05, 0.1) is 10.2 Å². The molecule has 0 N–H and O–H groups in total. The number of carbonyl (C=O) groups excluding carboxylic acids is 1. The molecule has 0 saturated heterocycles. The Labute approximate surface area is 153 Å². The van der Waals surface area contributed by atoms with Gasteiger partial charge in [-0.25, -0.2) is 4.98 Å². The summed E-state index contributed by atoms with van der Waals surface area (Å²) in [4.78, 5) is 21.6. The third-order valence-corrected chi connectivity index (χ3v) is 5.41. The molecule has 6 heteroatoms. The van der Waals surface area contributed by atoms with Crippen LogP contribution < -0.4 is 4.90 Å². The van der Waals surface area contributed by atoms with E-state index < -0.39 is 0 Å². The molecule has 2 aromatic rings. The predicted octanol–water partition coefficient (Wildman–Crippen LogP) is 4.59. The molecule has 4 nitrogen and oxygen atoms in total. The molecule has 1 aromatic heterocycles. The van der Waals surface area contributed by atoms with E-state index in [2.05, 4.69) is 18.7 Å². The monoisotopic (exact) mass is 367 g/mol. The molecule has 0 aliphatic carbocycles. The fourth-order valence-electron chi connectivity index (χ4n) is 2.65. The number of anilines is 1. The van der Waals surface area contributed by atoms with Gasteiger partial charge in [0.25, 0.3) is 0 Å². The second-order valence-corrected chi connectivity index (χ2v) is 7.68. The Morgan fingerprint density at radius 3 is 2.50 bits per heavy atom. The summed E-state index contributed by atoms with van der Waals surface area (Å²) in [5.41, 5.74) is 1.98. The summed E-state index contributed by atoms with van der Waals surface area (Å²) in [6.45, 7) is 13.6. The lowest BCUT2D eigenvalue weighted by molar-refractivity contribution is -0.121. The average Bonchev–Trinajstić information content (AvgIpc) is 2.95. The van der Waals surface area contributed by atoms with Gasteiger partial charge in [-0.05, 0) is 37.7 Å². The normalized spacial score (nSPS) is 11.7. The van der Waals surface area contributed by atoms with E-state index in [0.29, 0.717) is 11.6 Å². The molecule has 0 aliphatic rings. The summed E-state index contributed by atoms with van der Waals surface area (Å²) >= 11 is 7.70. The Bertz CT molecular complexity index is 710. The second-order valence-electron chi connectivity index (χ2n) is 6.24. The Balaban J connectivity index is 2.36. The lowest BCUT2D eigenvalue weighted by Crippen LogP contribution is -2.40. The van der Waals surface area contributed by atoms with Crippen LogP contribution >= 0.6 is 22.9 Å². The second kappa shape index (κ2) is 8.28. The zero-order valence-electron chi connectivity index (χ0n) is 15.1. The minimum Gasteiger partial charge on any atom is -0.302 e. The number of halogens is 1. The fourth-order valence-corrected chi connectivity index (χ4v) is 4.10. The molecule has 0 radical (unpaired) electrons. The predicted molar refractivity (Wildman–Crippen MR) is 104 cm³/mol. The van der Waals surface area contributed by atoms with Crippen molar-refractivity contribution < 1.29 is 4.79 Å². The van der Waals surface area contributed by atoms with Crippen molar-refractivity contribution in [3.63, 3.8) is 0 Å². The molecule has 0 saturated carbocycles. The van der Waals surface area contributed by atoms with Crippen LogP contribution in [-0.4, -0.2) is 42.0 Å². The fraction of sp³-hybridized carbons (Fsp3) is 0.556. The molecule has 132 valence electrons. The van der Waals surface area contributed by atoms with Crippen LogP contribution in [0.2, 0.25) is 5.02 Å². The average molecular weight is 368 g/mol. The minimum atomic E-state index is -0.0570. The van der Waals surface area contributed by atoms with Crippen molar-refractivity contribution >= 4 is 44.2 Å². The molecule has 0 unspecified atom stereocenters. The van der Waals surface area contributed by atoms with E-state index >= 15 is 0 Å². The highest BCUT2D eigenvalue weighted by Gasteiger charge is 2.23. The summed E-state index contributed by atoms with van der Waals surface area (Å²) in [6.07, 6.45) is 0. The molecule has 0 aliphatic heterocycles. The van der Waals surface area contributed by atoms with E-state index in [1.54, 1.807) is 0 Å². The van der Waals surface area contributed by atoms with E-state index in [1.165, 1.54) is 11.3 Å². The van der Waals surface area contributed by atoms with Crippen molar-refractivity contribution in [1.82, 2.24) is 9.88 Å². The van der Waals surface area contributed by atoms with Crippen LogP contribution in [0.5, 0.6) is 0 Å². The number of aromatic nitrogens is 1. The Hall–Kier alpha value is -1.17. The van der Waals surface area contributed by atoms with Crippen LogP contribution in [0, 0.1) is 12.8 Å². The summed E-state index contributed by atoms with van der Waals surface area (Å²) in [5, 5.41) is 1.47. The molecule has 1 heterocycles. The Kier molecular flexibility index (Phi) is 6.61. The smallest absolute Gasteiger partial charge is 0.231 e. The lowest BCUT2D eigenvalue weighted by atomic mass is 10.2. The topological polar surface area (TPSA) is 36.4 Å². The van der Waals surface area contributed by atoms with E-state index in [9.17, 15) is 4.79 Å². The number of benzene rings is 1. The SMILES string of the molecule is CCN(CC)CCN(C(=O)C(C)C)c1nc2c(C)cc(Cl)cc2s1. The number of carbonyl (C=O) groups is 1. The van der Waals surface area contributed by atoms with Crippen LogP contribution in [0.1, 0.15) is 33.3 Å². The first-order chi connectivity index (χ1) is 11.4. The van der Waals surface area contributed by atoms with Gasteiger partial charge in [-0.15, -0.1) is 0 Å².